The molecule has 20 heavy (non-hydrogen) atoms. The van der Waals surface area contributed by atoms with E-state index in [1.807, 2.05) is 13.8 Å². The van der Waals surface area contributed by atoms with E-state index in [-0.39, 0.29) is 17.4 Å². The zero-order chi connectivity index (χ0) is 14.8. The zero-order valence-electron chi connectivity index (χ0n) is 11.8. The fourth-order valence-corrected chi connectivity index (χ4v) is 2.64. The van der Waals surface area contributed by atoms with Crippen molar-refractivity contribution in [3.05, 3.63) is 0 Å². The smallest absolute Gasteiger partial charge is 0.294 e. The van der Waals surface area contributed by atoms with Gasteiger partial charge in [-0.15, -0.1) is 0 Å². The fourth-order valence-electron chi connectivity index (χ4n) is 1.41. The number of amides is 1. The molecular formula is C11H17N3O4S2. The van der Waals surface area contributed by atoms with Crippen molar-refractivity contribution in [2.24, 2.45) is 0 Å². The molecule has 1 atom stereocenters. The first-order chi connectivity index (χ1) is 9.35. The van der Waals surface area contributed by atoms with Crippen LogP contribution in [0.4, 0.5) is 4.79 Å². The van der Waals surface area contributed by atoms with Gasteiger partial charge >= 0.3 is 0 Å². The van der Waals surface area contributed by atoms with Crippen LogP contribution in [-0.4, -0.2) is 58.7 Å². The normalized spacial score (nSPS) is 20.9. The van der Waals surface area contributed by atoms with Crippen LogP contribution in [0, 0.1) is 0 Å². The Bertz CT molecular complexity index is 478. The summed E-state index contributed by atoms with van der Waals surface area (Å²) in [7, 11) is 3.35. The number of carbonyl (C=O) groups is 1. The number of ether oxygens (including phenoxy) is 3. The Balaban J connectivity index is 1.80. The highest BCUT2D eigenvalue weighted by molar-refractivity contribution is 8.13. The van der Waals surface area contributed by atoms with E-state index in [9.17, 15) is 4.79 Å². The number of hydrogen-bond acceptors (Lipinski definition) is 8. The second-order valence-corrected chi connectivity index (χ2v) is 6.67. The summed E-state index contributed by atoms with van der Waals surface area (Å²) in [6.45, 7) is 4.71. The highest BCUT2D eigenvalue weighted by Crippen LogP contribution is 2.25. The highest BCUT2D eigenvalue weighted by atomic mass is 32.2. The minimum atomic E-state index is -0.395. The van der Waals surface area contributed by atoms with Crippen LogP contribution in [0.1, 0.15) is 13.8 Å². The SMILES string of the molecule is CN(C)C(=O)Sc1nsc(OCC2OCC(C)(C)O2)n1. The lowest BCUT2D eigenvalue weighted by molar-refractivity contribution is -0.0990. The van der Waals surface area contributed by atoms with Crippen LogP contribution in [0.25, 0.3) is 0 Å². The molecule has 0 aliphatic carbocycles. The summed E-state index contributed by atoms with van der Waals surface area (Å²) >= 11 is 2.06. The maximum absolute atomic E-state index is 11.5. The van der Waals surface area contributed by atoms with Gasteiger partial charge in [0.2, 0.25) is 5.16 Å². The molecule has 112 valence electrons. The molecule has 2 rings (SSSR count). The molecule has 0 spiro atoms. The van der Waals surface area contributed by atoms with Gasteiger partial charge in [0, 0.05) is 37.4 Å². The predicted octanol–water partition coefficient (Wildman–Crippen LogP) is 1.84. The van der Waals surface area contributed by atoms with Crippen molar-refractivity contribution in [1.29, 1.82) is 0 Å². The average Bonchev–Trinajstić information content (AvgIpc) is 2.93. The molecule has 0 bridgehead atoms. The van der Waals surface area contributed by atoms with E-state index in [2.05, 4.69) is 9.36 Å². The van der Waals surface area contributed by atoms with Gasteiger partial charge in [0.05, 0.1) is 12.2 Å². The van der Waals surface area contributed by atoms with Crippen LogP contribution in [0.5, 0.6) is 5.19 Å². The maximum atomic E-state index is 11.5. The zero-order valence-corrected chi connectivity index (χ0v) is 13.4. The van der Waals surface area contributed by atoms with Gasteiger partial charge in [-0.05, 0) is 13.8 Å². The van der Waals surface area contributed by atoms with E-state index in [4.69, 9.17) is 14.2 Å². The molecule has 1 saturated heterocycles. The van der Waals surface area contributed by atoms with Gasteiger partial charge in [0.1, 0.15) is 6.61 Å². The lowest BCUT2D eigenvalue weighted by Crippen LogP contribution is -2.25. The molecule has 1 unspecified atom stereocenters. The van der Waals surface area contributed by atoms with Gasteiger partial charge in [0.15, 0.2) is 6.29 Å². The second kappa shape index (κ2) is 6.25. The highest BCUT2D eigenvalue weighted by Gasteiger charge is 2.33. The minimum Gasteiger partial charge on any atom is -0.464 e. The predicted molar refractivity (Wildman–Crippen MR) is 75.2 cm³/mol. The Labute approximate surface area is 125 Å². The van der Waals surface area contributed by atoms with Crippen LogP contribution in [0.3, 0.4) is 0 Å². The van der Waals surface area contributed by atoms with Crippen molar-refractivity contribution >= 4 is 28.5 Å². The van der Waals surface area contributed by atoms with Gasteiger partial charge in [-0.3, -0.25) is 4.79 Å². The van der Waals surface area contributed by atoms with Gasteiger partial charge in [-0.25, -0.2) is 0 Å². The Morgan fingerprint density at radius 3 is 2.95 bits per heavy atom. The lowest BCUT2D eigenvalue weighted by Gasteiger charge is -2.15. The van der Waals surface area contributed by atoms with E-state index < -0.39 is 6.29 Å². The standard InChI is InChI=1S/C11H17N3O4S2/c1-11(2)6-17-7(18-11)5-16-9-12-8(13-20-9)19-10(15)14(3)4/h7H,5-6H2,1-4H3. The Morgan fingerprint density at radius 1 is 1.60 bits per heavy atom. The van der Waals surface area contributed by atoms with E-state index in [1.165, 1.54) is 4.90 Å². The van der Waals surface area contributed by atoms with E-state index in [0.29, 0.717) is 17.0 Å². The molecular weight excluding hydrogens is 302 g/mol. The average molecular weight is 319 g/mol. The van der Waals surface area contributed by atoms with Gasteiger partial charge in [-0.2, -0.15) is 9.36 Å². The fraction of sp³-hybridized carbons (Fsp3) is 0.727. The van der Waals surface area contributed by atoms with Crippen LogP contribution in [-0.2, 0) is 9.47 Å². The molecule has 0 aromatic carbocycles. The molecule has 1 amide bonds. The van der Waals surface area contributed by atoms with Gasteiger partial charge in [-0.1, -0.05) is 0 Å². The molecule has 1 aliphatic rings. The van der Waals surface area contributed by atoms with Crippen molar-refractivity contribution in [1.82, 2.24) is 14.3 Å². The molecule has 7 nitrogen and oxygen atoms in total. The van der Waals surface area contributed by atoms with Crippen molar-refractivity contribution in [2.75, 3.05) is 27.3 Å². The second-order valence-electron chi connectivity index (χ2n) is 5.03. The third kappa shape index (κ3) is 4.30. The molecule has 1 fully saturated rings. The molecule has 0 radical (unpaired) electrons. The number of rotatable bonds is 4. The van der Waals surface area contributed by atoms with Crippen LogP contribution in [0.2, 0.25) is 0 Å². The minimum absolute atomic E-state index is 0.126. The first-order valence-electron chi connectivity index (χ1n) is 6.01. The molecule has 0 N–H and O–H groups in total. The lowest BCUT2D eigenvalue weighted by atomic mass is 10.2. The van der Waals surface area contributed by atoms with Crippen LogP contribution >= 0.6 is 23.3 Å². The molecule has 9 heteroatoms. The Hall–Kier alpha value is -0.900. The van der Waals surface area contributed by atoms with E-state index in [1.54, 1.807) is 14.1 Å². The van der Waals surface area contributed by atoms with Crippen LogP contribution in [0.15, 0.2) is 5.16 Å². The molecule has 1 aromatic rings. The summed E-state index contributed by atoms with van der Waals surface area (Å²) in [4.78, 5) is 17.1. The molecule has 2 heterocycles. The van der Waals surface area contributed by atoms with Crippen molar-refractivity contribution < 1.29 is 19.0 Å². The first kappa shape index (κ1) is 15.5. The van der Waals surface area contributed by atoms with Gasteiger partial charge in [0.25, 0.3) is 10.4 Å². The van der Waals surface area contributed by atoms with Gasteiger partial charge < -0.3 is 19.1 Å². The summed E-state index contributed by atoms with van der Waals surface area (Å²) in [5.41, 5.74) is -0.283. The third-order valence-corrected chi connectivity index (χ3v) is 3.99. The summed E-state index contributed by atoms with van der Waals surface area (Å²) < 4.78 is 20.6. The first-order valence-corrected chi connectivity index (χ1v) is 7.60. The molecule has 0 saturated carbocycles. The van der Waals surface area contributed by atoms with E-state index in [0.717, 1.165) is 23.3 Å². The topological polar surface area (TPSA) is 73.8 Å². The summed E-state index contributed by atoms with van der Waals surface area (Å²) in [6.07, 6.45) is -0.395. The van der Waals surface area contributed by atoms with Crippen molar-refractivity contribution in [3.8, 4) is 5.19 Å². The molecule has 1 aromatic heterocycles. The quantitative estimate of drug-likeness (QED) is 0.784. The van der Waals surface area contributed by atoms with Crippen molar-refractivity contribution in [2.45, 2.75) is 30.9 Å². The number of carbonyl (C=O) groups excluding carboxylic acids is 1. The number of aromatic nitrogens is 2. The monoisotopic (exact) mass is 319 g/mol. The summed E-state index contributed by atoms with van der Waals surface area (Å²) in [5, 5.41) is 0.659. The number of hydrogen-bond donors (Lipinski definition) is 0. The maximum Gasteiger partial charge on any atom is 0.294 e. The Kier molecular flexibility index (Phi) is 4.84. The number of nitrogens with zero attached hydrogens (tertiary/aromatic N) is 3. The number of thioether (sulfide) groups is 1. The van der Waals surface area contributed by atoms with E-state index >= 15 is 0 Å². The van der Waals surface area contributed by atoms with Crippen LogP contribution < -0.4 is 4.74 Å². The summed E-state index contributed by atoms with van der Waals surface area (Å²) in [6, 6.07) is 0. The molecule has 1 aliphatic heterocycles. The third-order valence-electron chi connectivity index (χ3n) is 2.34. The summed E-state index contributed by atoms with van der Waals surface area (Å²) in [5.74, 6) is 0. The van der Waals surface area contributed by atoms with Crippen molar-refractivity contribution in [3.63, 3.8) is 0 Å². The Morgan fingerprint density at radius 2 is 2.35 bits per heavy atom. The largest absolute Gasteiger partial charge is 0.464 e.